The SMILES string of the molecule is c1ccn2c(CNCc3ccc(N4CCCCCC4)cc3)cnc2c1. The second-order valence-electron chi connectivity index (χ2n) is 6.85. The molecule has 0 saturated carbocycles. The van der Waals surface area contributed by atoms with Gasteiger partial charge in [-0.15, -0.1) is 0 Å². The molecule has 4 heteroatoms. The Morgan fingerprint density at radius 1 is 0.880 bits per heavy atom. The van der Waals surface area contributed by atoms with Gasteiger partial charge in [0, 0.05) is 38.1 Å². The molecule has 0 amide bonds. The number of pyridine rings is 1. The standard InChI is InChI=1S/C21H26N4/c1-2-5-13-24(12-4-1)19-10-8-18(9-11-19)15-22-16-20-17-23-21-7-3-6-14-25(20)21/h3,6-11,14,17,22H,1-2,4-5,12-13,15-16H2. The maximum Gasteiger partial charge on any atom is 0.136 e. The summed E-state index contributed by atoms with van der Waals surface area (Å²) < 4.78 is 2.13. The highest BCUT2D eigenvalue weighted by Crippen LogP contribution is 2.20. The smallest absolute Gasteiger partial charge is 0.136 e. The number of fused-ring (bicyclic) bond motifs is 1. The van der Waals surface area contributed by atoms with Gasteiger partial charge in [-0.25, -0.2) is 4.98 Å². The highest BCUT2D eigenvalue weighted by Gasteiger charge is 2.09. The summed E-state index contributed by atoms with van der Waals surface area (Å²) in [5.74, 6) is 0. The molecule has 0 unspecified atom stereocenters. The number of hydrogen-bond acceptors (Lipinski definition) is 3. The van der Waals surface area contributed by atoms with Crippen LogP contribution in [0.1, 0.15) is 36.9 Å². The van der Waals surface area contributed by atoms with Crippen LogP contribution in [0.25, 0.3) is 5.65 Å². The highest BCUT2D eigenvalue weighted by atomic mass is 15.1. The van der Waals surface area contributed by atoms with E-state index in [1.165, 1.54) is 55.7 Å². The summed E-state index contributed by atoms with van der Waals surface area (Å²) in [5, 5.41) is 3.53. The minimum atomic E-state index is 0.819. The first-order valence-corrected chi connectivity index (χ1v) is 9.36. The lowest BCUT2D eigenvalue weighted by Gasteiger charge is -2.22. The minimum Gasteiger partial charge on any atom is -0.372 e. The number of nitrogens with one attached hydrogen (secondary N) is 1. The molecule has 0 radical (unpaired) electrons. The molecule has 1 aromatic carbocycles. The van der Waals surface area contributed by atoms with Gasteiger partial charge in [0.05, 0.1) is 11.9 Å². The lowest BCUT2D eigenvalue weighted by Crippen LogP contribution is -2.23. The van der Waals surface area contributed by atoms with Crippen molar-refractivity contribution < 1.29 is 0 Å². The fraction of sp³-hybridized carbons (Fsp3) is 0.381. The maximum absolute atomic E-state index is 4.43. The third-order valence-electron chi connectivity index (χ3n) is 5.04. The Labute approximate surface area is 149 Å². The van der Waals surface area contributed by atoms with Crippen molar-refractivity contribution in [1.82, 2.24) is 14.7 Å². The van der Waals surface area contributed by atoms with Gasteiger partial charge in [0.25, 0.3) is 0 Å². The molecule has 1 N–H and O–H groups in total. The van der Waals surface area contributed by atoms with Crippen LogP contribution < -0.4 is 10.2 Å². The monoisotopic (exact) mass is 334 g/mol. The summed E-state index contributed by atoms with van der Waals surface area (Å²) in [6, 6.07) is 15.1. The van der Waals surface area contributed by atoms with Gasteiger partial charge in [-0.05, 0) is 42.7 Å². The molecule has 0 aliphatic carbocycles. The van der Waals surface area contributed by atoms with Crippen LogP contribution in [0.4, 0.5) is 5.69 Å². The summed E-state index contributed by atoms with van der Waals surface area (Å²) in [6.45, 7) is 4.09. The first-order chi connectivity index (χ1) is 12.4. The van der Waals surface area contributed by atoms with E-state index < -0.39 is 0 Å². The van der Waals surface area contributed by atoms with Crippen molar-refractivity contribution >= 4 is 11.3 Å². The average Bonchev–Trinajstić information content (AvgIpc) is 2.88. The van der Waals surface area contributed by atoms with Crippen LogP contribution in [-0.4, -0.2) is 22.5 Å². The molecule has 130 valence electrons. The van der Waals surface area contributed by atoms with E-state index in [0.29, 0.717) is 0 Å². The van der Waals surface area contributed by atoms with Crippen LogP contribution in [0.2, 0.25) is 0 Å². The van der Waals surface area contributed by atoms with Crippen molar-refractivity contribution in [3.63, 3.8) is 0 Å². The van der Waals surface area contributed by atoms with Crippen molar-refractivity contribution in [1.29, 1.82) is 0 Å². The number of anilines is 1. The lowest BCUT2D eigenvalue weighted by atomic mass is 10.2. The molecule has 0 spiro atoms. The Kier molecular flexibility index (Phi) is 4.98. The van der Waals surface area contributed by atoms with Crippen molar-refractivity contribution in [2.45, 2.75) is 38.8 Å². The molecule has 1 aliphatic heterocycles. The molecule has 0 atom stereocenters. The molecular weight excluding hydrogens is 308 g/mol. The van der Waals surface area contributed by atoms with Crippen LogP contribution in [0.5, 0.6) is 0 Å². The zero-order valence-corrected chi connectivity index (χ0v) is 14.7. The number of benzene rings is 1. The fourth-order valence-corrected chi connectivity index (χ4v) is 3.60. The molecule has 2 aromatic heterocycles. The zero-order chi connectivity index (χ0) is 16.9. The predicted molar refractivity (Wildman–Crippen MR) is 103 cm³/mol. The van der Waals surface area contributed by atoms with E-state index in [4.69, 9.17) is 0 Å². The third kappa shape index (κ3) is 3.85. The molecule has 1 fully saturated rings. The van der Waals surface area contributed by atoms with Crippen LogP contribution in [-0.2, 0) is 13.1 Å². The predicted octanol–water partition coefficient (Wildman–Crippen LogP) is 4.00. The number of imidazole rings is 1. The molecule has 25 heavy (non-hydrogen) atoms. The van der Waals surface area contributed by atoms with E-state index >= 15 is 0 Å². The van der Waals surface area contributed by atoms with E-state index in [2.05, 4.69) is 50.1 Å². The molecular formula is C21H26N4. The number of aromatic nitrogens is 2. The summed E-state index contributed by atoms with van der Waals surface area (Å²) in [4.78, 5) is 6.96. The molecule has 0 bridgehead atoms. The second-order valence-corrected chi connectivity index (χ2v) is 6.85. The van der Waals surface area contributed by atoms with E-state index in [1.54, 1.807) is 0 Å². The highest BCUT2D eigenvalue weighted by molar-refractivity contribution is 5.47. The first kappa shape index (κ1) is 16.2. The quantitative estimate of drug-likeness (QED) is 0.765. The zero-order valence-electron chi connectivity index (χ0n) is 14.7. The Morgan fingerprint density at radius 3 is 2.48 bits per heavy atom. The summed E-state index contributed by atoms with van der Waals surface area (Å²) in [7, 11) is 0. The Balaban J connectivity index is 1.33. The first-order valence-electron chi connectivity index (χ1n) is 9.36. The Morgan fingerprint density at radius 2 is 1.68 bits per heavy atom. The van der Waals surface area contributed by atoms with E-state index in [-0.39, 0.29) is 0 Å². The topological polar surface area (TPSA) is 32.6 Å². The number of rotatable bonds is 5. The molecule has 3 heterocycles. The van der Waals surface area contributed by atoms with Crippen molar-refractivity contribution in [2.75, 3.05) is 18.0 Å². The summed E-state index contributed by atoms with van der Waals surface area (Å²) in [5.41, 5.74) is 4.89. The number of nitrogens with zero attached hydrogens (tertiary/aromatic N) is 3. The molecule has 4 nitrogen and oxygen atoms in total. The Bertz CT molecular complexity index is 798. The normalized spacial score (nSPS) is 15.4. The van der Waals surface area contributed by atoms with Crippen LogP contribution >= 0.6 is 0 Å². The van der Waals surface area contributed by atoms with Crippen LogP contribution in [0.3, 0.4) is 0 Å². The lowest BCUT2D eigenvalue weighted by molar-refractivity contribution is 0.675. The minimum absolute atomic E-state index is 0.819. The second kappa shape index (κ2) is 7.70. The van der Waals surface area contributed by atoms with Crippen LogP contribution in [0, 0.1) is 0 Å². The van der Waals surface area contributed by atoms with Crippen molar-refractivity contribution in [2.24, 2.45) is 0 Å². The van der Waals surface area contributed by atoms with Crippen molar-refractivity contribution in [3.05, 3.63) is 66.1 Å². The van der Waals surface area contributed by atoms with Gasteiger partial charge in [-0.2, -0.15) is 0 Å². The fourth-order valence-electron chi connectivity index (χ4n) is 3.60. The maximum atomic E-state index is 4.43. The van der Waals surface area contributed by atoms with Gasteiger partial charge >= 0.3 is 0 Å². The van der Waals surface area contributed by atoms with Gasteiger partial charge in [0.2, 0.25) is 0 Å². The molecule has 1 saturated heterocycles. The Hall–Kier alpha value is -2.33. The molecule has 1 aliphatic rings. The molecule has 4 rings (SSSR count). The molecule has 3 aromatic rings. The van der Waals surface area contributed by atoms with Crippen LogP contribution in [0.15, 0.2) is 54.9 Å². The van der Waals surface area contributed by atoms with E-state index in [0.717, 1.165) is 18.7 Å². The average molecular weight is 334 g/mol. The van der Waals surface area contributed by atoms with E-state index in [9.17, 15) is 0 Å². The van der Waals surface area contributed by atoms with Gasteiger partial charge < -0.3 is 14.6 Å². The van der Waals surface area contributed by atoms with Crippen molar-refractivity contribution in [3.8, 4) is 0 Å². The largest absolute Gasteiger partial charge is 0.372 e. The van der Waals surface area contributed by atoms with Gasteiger partial charge in [0.1, 0.15) is 5.65 Å². The van der Waals surface area contributed by atoms with Gasteiger partial charge in [-0.1, -0.05) is 31.0 Å². The summed E-state index contributed by atoms with van der Waals surface area (Å²) in [6.07, 6.45) is 9.41. The van der Waals surface area contributed by atoms with E-state index in [1.807, 2.05) is 24.4 Å². The van der Waals surface area contributed by atoms with Gasteiger partial charge in [-0.3, -0.25) is 0 Å². The van der Waals surface area contributed by atoms with Gasteiger partial charge in [0.15, 0.2) is 0 Å². The number of hydrogen-bond donors (Lipinski definition) is 1. The third-order valence-corrected chi connectivity index (χ3v) is 5.04. The summed E-state index contributed by atoms with van der Waals surface area (Å²) >= 11 is 0.